The Bertz CT molecular complexity index is 745. The number of rotatable bonds is 6. The lowest BCUT2D eigenvalue weighted by Crippen LogP contribution is -2.45. The number of amides is 1. The normalized spacial score (nSPS) is 20.7. The molecule has 1 saturated carbocycles. The van der Waals surface area contributed by atoms with Crippen LogP contribution in [-0.4, -0.2) is 46.6 Å². The average Bonchev–Trinajstić information content (AvgIpc) is 3.14. The Balaban J connectivity index is 0.00000261. The number of piperidine rings is 1. The Hall–Kier alpha value is -1.35. The highest BCUT2D eigenvalue weighted by Crippen LogP contribution is 2.27. The van der Waals surface area contributed by atoms with E-state index < -0.39 is 10.0 Å². The Labute approximate surface area is 167 Å². The molecular weight excluding hydrogens is 390 g/mol. The van der Waals surface area contributed by atoms with Crippen molar-refractivity contribution in [3.63, 3.8) is 0 Å². The number of methoxy groups -OCH3 is 1. The van der Waals surface area contributed by atoms with Gasteiger partial charge in [0.05, 0.1) is 7.11 Å². The third-order valence-electron chi connectivity index (χ3n) is 5.02. The average molecular weight is 418 g/mol. The molecule has 1 aromatic rings. The van der Waals surface area contributed by atoms with Crippen molar-refractivity contribution in [1.82, 2.24) is 15.4 Å². The lowest BCUT2D eigenvalue weighted by atomic mass is 10.1. The van der Waals surface area contributed by atoms with E-state index in [-0.39, 0.29) is 41.0 Å². The number of carbonyl (C=O) groups is 1. The number of hydrogen-bond acceptors (Lipinski definition) is 5. The second kappa shape index (κ2) is 9.73. The molecule has 1 aliphatic heterocycles. The van der Waals surface area contributed by atoms with Crippen molar-refractivity contribution in [1.29, 1.82) is 0 Å². The number of halogens is 1. The summed E-state index contributed by atoms with van der Waals surface area (Å²) in [6.07, 6.45) is 5.68. The molecule has 1 saturated heterocycles. The van der Waals surface area contributed by atoms with E-state index in [9.17, 15) is 13.2 Å². The summed E-state index contributed by atoms with van der Waals surface area (Å²) in [7, 11) is -2.31. The second-order valence-corrected chi connectivity index (χ2v) is 8.67. The SMILES string of the molecule is COc1ccc(C(=O)N[C@H]2CCCNC2)cc1S(=O)(=O)NC1CCCC1.Cl. The highest BCUT2D eigenvalue weighted by molar-refractivity contribution is 7.89. The van der Waals surface area contributed by atoms with Crippen LogP contribution in [0, 0.1) is 0 Å². The maximum absolute atomic E-state index is 12.8. The first-order valence-electron chi connectivity index (χ1n) is 9.21. The molecule has 3 rings (SSSR count). The molecule has 2 aliphatic rings. The molecule has 152 valence electrons. The summed E-state index contributed by atoms with van der Waals surface area (Å²) in [5.74, 6) is -0.0231. The summed E-state index contributed by atoms with van der Waals surface area (Å²) in [6, 6.07) is 4.56. The van der Waals surface area contributed by atoms with Crippen LogP contribution in [0.25, 0.3) is 0 Å². The molecule has 1 heterocycles. The fourth-order valence-corrected chi connectivity index (χ4v) is 5.10. The van der Waals surface area contributed by atoms with Crippen molar-refractivity contribution < 1.29 is 17.9 Å². The molecular formula is C18H28ClN3O4S. The number of hydrogen-bond donors (Lipinski definition) is 3. The molecule has 7 nitrogen and oxygen atoms in total. The van der Waals surface area contributed by atoms with Crippen LogP contribution < -0.4 is 20.1 Å². The minimum absolute atomic E-state index is 0. The molecule has 0 radical (unpaired) electrons. The predicted molar refractivity (Wildman–Crippen MR) is 106 cm³/mol. The maximum atomic E-state index is 12.8. The molecule has 0 bridgehead atoms. The zero-order valence-corrected chi connectivity index (χ0v) is 17.1. The van der Waals surface area contributed by atoms with E-state index in [1.165, 1.54) is 19.2 Å². The van der Waals surface area contributed by atoms with E-state index in [1.807, 2.05) is 0 Å². The molecule has 0 spiro atoms. The summed E-state index contributed by atoms with van der Waals surface area (Å²) in [6.45, 7) is 1.69. The van der Waals surface area contributed by atoms with E-state index in [0.717, 1.165) is 51.6 Å². The van der Waals surface area contributed by atoms with Gasteiger partial charge in [0.25, 0.3) is 5.91 Å². The highest BCUT2D eigenvalue weighted by Gasteiger charge is 2.27. The zero-order chi connectivity index (χ0) is 18.6. The first kappa shape index (κ1) is 21.9. The molecule has 2 fully saturated rings. The summed E-state index contributed by atoms with van der Waals surface area (Å²) in [5, 5.41) is 6.21. The molecule has 1 amide bonds. The molecule has 3 N–H and O–H groups in total. The van der Waals surface area contributed by atoms with Crippen molar-refractivity contribution >= 4 is 28.3 Å². The van der Waals surface area contributed by atoms with Gasteiger partial charge in [-0.2, -0.15) is 0 Å². The topological polar surface area (TPSA) is 96.5 Å². The lowest BCUT2D eigenvalue weighted by Gasteiger charge is -2.24. The van der Waals surface area contributed by atoms with Crippen molar-refractivity contribution in [2.75, 3.05) is 20.2 Å². The highest BCUT2D eigenvalue weighted by atomic mass is 35.5. The van der Waals surface area contributed by atoms with Gasteiger partial charge in [0.1, 0.15) is 10.6 Å². The van der Waals surface area contributed by atoms with Gasteiger partial charge in [-0.25, -0.2) is 13.1 Å². The van der Waals surface area contributed by atoms with Crippen LogP contribution in [-0.2, 0) is 10.0 Å². The molecule has 1 atom stereocenters. The fourth-order valence-electron chi connectivity index (χ4n) is 3.60. The first-order valence-corrected chi connectivity index (χ1v) is 10.7. The van der Waals surface area contributed by atoms with Gasteiger partial charge in [-0.3, -0.25) is 4.79 Å². The van der Waals surface area contributed by atoms with Crippen LogP contribution in [0.5, 0.6) is 5.75 Å². The number of ether oxygens (including phenoxy) is 1. The maximum Gasteiger partial charge on any atom is 0.251 e. The lowest BCUT2D eigenvalue weighted by molar-refractivity contribution is 0.0930. The van der Waals surface area contributed by atoms with Gasteiger partial charge in [-0.15, -0.1) is 12.4 Å². The van der Waals surface area contributed by atoms with E-state index in [2.05, 4.69) is 15.4 Å². The van der Waals surface area contributed by atoms with Gasteiger partial charge >= 0.3 is 0 Å². The largest absolute Gasteiger partial charge is 0.495 e. The van der Waals surface area contributed by atoms with Crippen LogP contribution in [0.3, 0.4) is 0 Å². The minimum atomic E-state index is -3.74. The van der Waals surface area contributed by atoms with E-state index in [1.54, 1.807) is 6.07 Å². The van der Waals surface area contributed by atoms with E-state index >= 15 is 0 Å². The molecule has 1 aliphatic carbocycles. The first-order chi connectivity index (χ1) is 12.5. The van der Waals surface area contributed by atoms with Gasteiger partial charge in [0, 0.05) is 24.2 Å². The monoisotopic (exact) mass is 417 g/mol. The summed E-state index contributed by atoms with van der Waals surface area (Å²) < 4.78 is 33.6. The number of nitrogens with one attached hydrogen (secondary N) is 3. The number of benzene rings is 1. The molecule has 27 heavy (non-hydrogen) atoms. The molecule has 1 aromatic carbocycles. The predicted octanol–water partition coefficient (Wildman–Crippen LogP) is 1.82. The van der Waals surface area contributed by atoms with Crippen molar-refractivity contribution in [3.05, 3.63) is 23.8 Å². The Morgan fingerprint density at radius 3 is 2.48 bits per heavy atom. The smallest absolute Gasteiger partial charge is 0.251 e. The van der Waals surface area contributed by atoms with Gasteiger partial charge in [-0.1, -0.05) is 12.8 Å². The van der Waals surface area contributed by atoms with Gasteiger partial charge < -0.3 is 15.4 Å². The number of carbonyl (C=O) groups excluding carboxylic acids is 1. The van der Waals surface area contributed by atoms with E-state index in [0.29, 0.717) is 5.56 Å². The van der Waals surface area contributed by atoms with Crippen LogP contribution in [0.4, 0.5) is 0 Å². The molecule has 0 unspecified atom stereocenters. The van der Waals surface area contributed by atoms with Gasteiger partial charge in [-0.05, 0) is 50.4 Å². The van der Waals surface area contributed by atoms with Crippen LogP contribution >= 0.6 is 12.4 Å². The zero-order valence-electron chi connectivity index (χ0n) is 15.5. The molecule has 9 heteroatoms. The summed E-state index contributed by atoms with van der Waals surface area (Å²) in [5.41, 5.74) is 0.322. The van der Waals surface area contributed by atoms with Crippen molar-refractivity contribution in [2.45, 2.75) is 55.5 Å². The Morgan fingerprint density at radius 1 is 1.15 bits per heavy atom. The van der Waals surface area contributed by atoms with Crippen LogP contribution in [0.15, 0.2) is 23.1 Å². The fraction of sp³-hybridized carbons (Fsp3) is 0.611. The number of sulfonamides is 1. The molecule has 0 aromatic heterocycles. The van der Waals surface area contributed by atoms with Gasteiger partial charge in [0.2, 0.25) is 10.0 Å². The summed E-state index contributed by atoms with van der Waals surface area (Å²) >= 11 is 0. The Kier molecular flexibility index (Phi) is 7.91. The van der Waals surface area contributed by atoms with Crippen molar-refractivity contribution in [2.24, 2.45) is 0 Å². The third-order valence-corrected chi connectivity index (χ3v) is 6.57. The second-order valence-electron chi connectivity index (χ2n) is 6.99. The Morgan fingerprint density at radius 2 is 1.85 bits per heavy atom. The quantitative estimate of drug-likeness (QED) is 0.656. The standard InChI is InChI=1S/C18H27N3O4S.ClH/c1-25-16-9-8-13(18(22)20-15-7-4-10-19-12-15)11-17(16)26(23,24)21-14-5-2-3-6-14;/h8-9,11,14-15,19,21H,2-7,10,12H2,1H3,(H,20,22);1H/t15-;/m0./s1. The van der Waals surface area contributed by atoms with Crippen molar-refractivity contribution in [3.8, 4) is 5.75 Å². The van der Waals surface area contributed by atoms with Gasteiger partial charge in [0.15, 0.2) is 0 Å². The van der Waals surface area contributed by atoms with Crippen LogP contribution in [0.2, 0.25) is 0 Å². The summed E-state index contributed by atoms with van der Waals surface area (Å²) in [4.78, 5) is 12.6. The minimum Gasteiger partial charge on any atom is -0.495 e. The van der Waals surface area contributed by atoms with Crippen LogP contribution in [0.1, 0.15) is 48.9 Å². The van der Waals surface area contributed by atoms with E-state index in [4.69, 9.17) is 4.74 Å². The third kappa shape index (κ3) is 5.57.